The largest absolute Gasteiger partial charge is 0.344 e. The molecule has 338 valence electrons. The minimum Gasteiger partial charge on any atom is -0.344 e. The van der Waals surface area contributed by atoms with E-state index in [1.807, 2.05) is 66.7 Å². The van der Waals surface area contributed by atoms with Crippen molar-refractivity contribution in [3.8, 4) is 67.5 Å². The first-order chi connectivity index (χ1) is 35.7. The van der Waals surface area contributed by atoms with Gasteiger partial charge in [0, 0.05) is 27.8 Å². The molecule has 1 unspecified atom stereocenters. The number of hydrogen-bond donors (Lipinski definition) is 1. The highest BCUT2D eigenvalue weighted by molar-refractivity contribution is 6.18. The van der Waals surface area contributed by atoms with E-state index < -0.39 is 0 Å². The maximum absolute atomic E-state index is 5.19. The van der Waals surface area contributed by atoms with Gasteiger partial charge in [0.25, 0.3) is 0 Å². The molecule has 6 heteroatoms. The van der Waals surface area contributed by atoms with Crippen LogP contribution >= 0.6 is 0 Å². The van der Waals surface area contributed by atoms with Gasteiger partial charge in [-0.3, -0.25) is 0 Å². The van der Waals surface area contributed by atoms with Gasteiger partial charge in [0.2, 0.25) is 0 Å². The molecule has 11 aromatic carbocycles. The summed E-state index contributed by atoms with van der Waals surface area (Å²) in [6, 6.07) is 89.3. The highest BCUT2D eigenvalue weighted by atomic mass is 15.2. The van der Waals surface area contributed by atoms with Crippen molar-refractivity contribution in [2.75, 3.05) is 0 Å². The number of nitrogens with zero attached hydrogens (tertiary/aromatic N) is 5. The molecule has 0 fully saturated rings. The molecule has 1 atom stereocenters. The molecule has 0 radical (unpaired) electrons. The summed E-state index contributed by atoms with van der Waals surface area (Å²) in [4.78, 5) is 25.2. The Bertz CT molecular complexity index is 3980. The van der Waals surface area contributed by atoms with E-state index in [2.05, 4.69) is 193 Å². The van der Waals surface area contributed by atoms with Gasteiger partial charge in [0.15, 0.2) is 23.3 Å². The molecule has 0 amide bonds. The lowest BCUT2D eigenvalue weighted by Crippen LogP contribution is -2.33. The normalized spacial score (nSPS) is 13.4. The molecular weight excluding hydrogens is 877 g/mol. The maximum Gasteiger partial charge on any atom is 0.164 e. The second-order valence-electron chi connectivity index (χ2n) is 18.0. The van der Waals surface area contributed by atoms with Crippen LogP contribution in [0.1, 0.15) is 22.9 Å². The molecule has 1 aromatic heterocycles. The van der Waals surface area contributed by atoms with Gasteiger partial charge in [0.1, 0.15) is 12.0 Å². The van der Waals surface area contributed by atoms with Crippen LogP contribution in [0, 0.1) is 0 Å². The standard InChI is InChI=1S/C66H44N6/c1-4-18-46(19-5-1)61-67-62(47-20-6-2-7-21-47)69-64(68-61)49-35-31-44(32-36-49)52-39-41-58(56-28-14-12-26-54(52)56)59-42-40-53(55-27-13-15-29-57(55)59)45-33-37-50(38-34-45)65-70-63(48-22-8-3-9-23-48)71-66(72-65)60-30-16-24-43-17-10-11-25-51(43)60/h1-42,63H,(H,70,71,72). The number of nitrogens with one attached hydrogen (secondary N) is 1. The lowest BCUT2D eigenvalue weighted by Gasteiger charge is -2.24. The van der Waals surface area contributed by atoms with E-state index in [0.717, 1.165) is 61.3 Å². The van der Waals surface area contributed by atoms with Crippen LogP contribution in [0.4, 0.5) is 0 Å². The van der Waals surface area contributed by atoms with E-state index in [1.54, 1.807) is 0 Å². The minimum atomic E-state index is -0.286. The third-order valence-electron chi connectivity index (χ3n) is 13.6. The summed E-state index contributed by atoms with van der Waals surface area (Å²) in [7, 11) is 0. The van der Waals surface area contributed by atoms with Crippen molar-refractivity contribution in [2.24, 2.45) is 9.98 Å². The summed E-state index contributed by atoms with van der Waals surface area (Å²) < 4.78 is 0. The van der Waals surface area contributed by atoms with E-state index in [4.69, 9.17) is 24.9 Å². The molecule has 6 nitrogen and oxygen atoms in total. The van der Waals surface area contributed by atoms with Crippen LogP contribution in [0.25, 0.3) is 99.9 Å². The van der Waals surface area contributed by atoms with Crippen LogP contribution in [0.5, 0.6) is 0 Å². The van der Waals surface area contributed by atoms with E-state index in [1.165, 1.54) is 43.6 Å². The third-order valence-corrected chi connectivity index (χ3v) is 13.6. The van der Waals surface area contributed by atoms with Gasteiger partial charge in [-0.2, -0.15) is 0 Å². The third kappa shape index (κ3) is 7.97. The first-order valence-electron chi connectivity index (χ1n) is 24.3. The zero-order valence-electron chi connectivity index (χ0n) is 39.1. The van der Waals surface area contributed by atoms with E-state index in [9.17, 15) is 0 Å². The Morgan fingerprint density at radius 1 is 0.278 bits per heavy atom. The zero-order chi connectivity index (χ0) is 47.8. The topological polar surface area (TPSA) is 75.4 Å². The molecule has 0 saturated carbocycles. The number of rotatable bonds is 9. The Morgan fingerprint density at radius 2 is 0.667 bits per heavy atom. The van der Waals surface area contributed by atoms with Gasteiger partial charge in [-0.1, -0.05) is 255 Å². The fraction of sp³-hybridized carbons (Fsp3) is 0.0152. The van der Waals surface area contributed by atoms with Gasteiger partial charge in [-0.25, -0.2) is 24.9 Å². The van der Waals surface area contributed by atoms with Crippen LogP contribution in [-0.4, -0.2) is 26.6 Å². The van der Waals surface area contributed by atoms with Crippen molar-refractivity contribution in [1.82, 2.24) is 20.3 Å². The number of fused-ring (bicyclic) bond motifs is 3. The highest BCUT2D eigenvalue weighted by Crippen LogP contribution is 2.41. The first kappa shape index (κ1) is 42.5. The Hall–Kier alpha value is -9.65. The van der Waals surface area contributed by atoms with E-state index in [-0.39, 0.29) is 6.17 Å². The van der Waals surface area contributed by atoms with Gasteiger partial charge in [-0.15, -0.1) is 0 Å². The predicted molar refractivity (Wildman–Crippen MR) is 297 cm³/mol. The zero-order valence-corrected chi connectivity index (χ0v) is 39.1. The van der Waals surface area contributed by atoms with Crippen molar-refractivity contribution in [3.63, 3.8) is 0 Å². The van der Waals surface area contributed by atoms with Crippen molar-refractivity contribution in [1.29, 1.82) is 0 Å². The van der Waals surface area contributed by atoms with Crippen molar-refractivity contribution >= 4 is 44.0 Å². The molecule has 0 bridgehead atoms. The lowest BCUT2D eigenvalue weighted by molar-refractivity contribution is 0.674. The van der Waals surface area contributed by atoms with Gasteiger partial charge in [0.05, 0.1) is 0 Å². The van der Waals surface area contributed by atoms with Gasteiger partial charge < -0.3 is 5.32 Å². The maximum atomic E-state index is 5.19. The summed E-state index contributed by atoms with van der Waals surface area (Å²) in [6.45, 7) is 0. The fourth-order valence-electron chi connectivity index (χ4n) is 10.1. The molecule has 2 heterocycles. The molecule has 72 heavy (non-hydrogen) atoms. The SMILES string of the molecule is c1ccc(-c2nc(-c3ccccc3)nc(-c3ccc(-c4ccc(-c5ccc(-c6ccc(C7=NC(c8ccccc8)NC(c8cccc9ccccc89)=N7)cc6)c6ccccc56)c5ccccc45)cc3)n2)cc1. The van der Waals surface area contributed by atoms with Crippen molar-refractivity contribution in [3.05, 3.63) is 271 Å². The van der Waals surface area contributed by atoms with Crippen LogP contribution in [0.15, 0.2) is 265 Å². The fourth-order valence-corrected chi connectivity index (χ4v) is 10.1. The summed E-state index contributed by atoms with van der Waals surface area (Å²) >= 11 is 0. The molecule has 0 aliphatic carbocycles. The summed E-state index contributed by atoms with van der Waals surface area (Å²) in [5.74, 6) is 3.43. The number of hydrogen-bond acceptors (Lipinski definition) is 6. The Labute approximate surface area is 417 Å². The molecular formula is C66H44N6. The van der Waals surface area contributed by atoms with Crippen molar-refractivity contribution < 1.29 is 0 Å². The molecule has 0 saturated heterocycles. The molecule has 1 aliphatic heterocycles. The lowest BCUT2D eigenvalue weighted by atomic mass is 9.88. The first-order valence-corrected chi connectivity index (χ1v) is 24.3. The van der Waals surface area contributed by atoms with Gasteiger partial charge >= 0.3 is 0 Å². The molecule has 13 rings (SSSR count). The molecule has 1 aliphatic rings. The molecule has 0 spiro atoms. The average Bonchev–Trinajstić information content (AvgIpc) is 3.47. The number of aliphatic imine (C=N–C) groups is 2. The van der Waals surface area contributed by atoms with Crippen LogP contribution in [-0.2, 0) is 0 Å². The van der Waals surface area contributed by atoms with Crippen LogP contribution < -0.4 is 5.32 Å². The Kier molecular flexibility index (Phi) is 10.8. The molecule has 1 N–H and O–H groups in total. The summed E-state index contributed by atoms with van der Waals surface area (Å²) in [6.07, 6.45) is -0.286. The van der Waals surface area contributed by atoms with E-state index in [0.29, 0.717) is 23.3 Å². The van der Waals surface area contributed by atoms with Crippen LogP contribution in [0.2, 0.25) is 0 Å². The second-order valence-corrected chi connectivity index (χ2v) is 18.0. The summed E-state index contributed by atoms with van der Waals surface area (Å²) in [5, 5.41) is 10.7. The number of aromatic nitrogens is 3. The monoisotopic (exact) mass is 920 g/mol. The van der Waals surface area contributed by atoms with Crippen LogP contribution in [0.3, 0.4) is 0 Å². The van der Waals surface area contributed by atoms with Gasteiger partial charge in [-0.05, 0) is 71.3 Å². The number of benzene rings is 11. The Morgan fingerprint density at radius 3 is 1.19 bits per heavy atom. The molecule has 12 aromatic rings. The van der Waals surface area contributed by atoms with E-state index >= 15 is 0 Å². The second kappa shape index (κ2) is 18.3. The van der Waals surface area contributed by atoms with Crippen molar-refractivity contribution in [2.45, 2.75) is 6.17 Å². The summed E-state index contributed by atoms with van der Waals surface area (Å²) in [5.41, 5.74) is 12.9. The highest BCUT2D eigenvalue weighted by Gasteiger charge is 2.23. The number of amidine groups is 2. The minimum absolute atomic E-state index is 0.286. The predicted octanol–water partition coefficient (Wildman–Crippen LogP) is 15.8. The Balaban J connectivity index is 0.832. The quantitative estimate of drug-likeness (QED) is 0.156. The smallest absolute Gasteiger partial charge is 0.164 e. The average molecular weight is 921 g/mol.